The van der Waals surface area contributed by atoms with Crippen LogP contribution >= 0.6 is 0 Å². The van der Waals surface area contributed by atoms with Crippen LogP contribution in [0.5, 0.6) is 0 Å². The van der Waals surface area contributed by atoms with E-state index in [1.807, 2.05) is 20.8 Å². The molecule has 0 saturated heterocycles. The number of aryl methyl sites for hydroxylation is 1. The Balaban J connectivity index is 2.01. The quantitative estimate of drug-likeness (QED) is 0.703. The molecule has 3 heterocycles. The van der Waals surface area contributed by atoms with Gasteiger partial charge in [0.25, 0.3) is 0 Å². The first-order valence-electron chi connectivity index (χ1n) is 7.96. The highest BCUT2D eigenvalue weighted by molar-refractivity contribution is 5.52. The largest absolute Gasteiger partial charge is 0.300 e. The number of nitrogens with one attached hydrogen (secondary N) is 2. The van der Waals surface area contributed by atoms with Crippen molar-refractivity contribution < 1.29 is 0 Å². The molecule has 0 fully saturated rings. The molecular formula is C17H18N8O. The van der Waals surface area contributed by atoms with Crippen molar-refractivity contribution in [2.24, 2.45) is 10.2 Å². The first-order valence-corrected chi connectivity index (χ1v) is 7.96. The second kappa shape index (κ2) is 6.40. The summed E-state index contributed by atoms with van der Waals surface area (Å²) < 4.78 is 1.29. The highest BCUT2D eigenvalue weighted by atomic mass is 16.1. The summed E-state index contributed by atoms with van der Waals surface area (Å²) >= 11 is 0. The Kier molecular flexibility index (Phi) is 4.26. The van der Waals surface area contributed by atoms with Gasteiger partial charge in [-0.1, -0.05) is 26.8 Å². The van der Waals surface area contributed by atoms with Gasteiger partial charge >= 0.3 is 5.56 Å². The summed E-state index contributed by atoms with van der Waals surface area (Å²) in [6.45, 7) is 7.60. The van der Waals surface area contributed by atoms with Crippen LogP contribution in [-0.4, -0.2) is 25.0 Å². The van der Waals surface area contributed by atoms with Crippen molar-refractivity contribution in [3.05, 3.63) is 51.7 Å². The van der Waals surface area contributed by atoms with Crippen LogP contribution in [0.4, 0.5) is 11.5 Å². The molecule has 0 bridgehead atoms. The monoisotopic (exact) mass is 350 g/mol. The summed E-state index contributed by atoms with van der Waals surface area (Å²) in [5.74, 6) is 0.608. The van der Waals surface area contributed by atoms with Gasteiger partial charge < -0.3 is 0 Å². The van der Waals surface area contributed by atoms with E-state index in [9.17, 15) is 10.1 Å². The summed E-state index contributed by atoms with van der Waals surface area (Å²) in [5.41, 5.74) is 0.996. The number of aromatic nitrogens is 5. The maximum atomic E-state index is 12.6. The standard InChI is InChI=1S/C17H18N8O/c1-10-13(16(26)25(24-10)12-7-5-6-8-19-12)20-22-15-11(9-18)14(21-23-15)17(2,3)4/h5-8,24H,1-4H3,(H,21,23). The SMILES string of the molecule is Cc1[nH]n(-c2ccccn2)c(=O)c1N=Nc1n[nH]c(C(C)(C)C)c1C#N. The lowest BCUT2D eigenvalue weighted by molar-refractivity contribution is 0.565. The van der Waals surface area contributed by atoms with Gasteiger partial charge in [0, 0.05) is 11.6 Å². The van der Waals surface area contributed by atoms with E-state index in [1.165, 1.54) is 4.68 Å². The number of hydrogen-bond acceptors (Lipinski definition) is 6. The number of H-pyrrole nitrogens is 2. The Morgan fingerprint density at radius 2 is 2.04 bits per heavy atom. The smallest absolute Gasteiger partial charge is 0.292 e. The van der Waals surface area contributed by atoms with Gasteiger partial charge in [0.1, 0.15) is 11.6 Å². The van der Waals surface area contributed by atoms with Crippen LogP contribution in [0.1, 0.15) is 37.7 Å². The van der Waals surface area contributed by atoms with E-state index in [-0.39, 0.29) is 22.5 Å². The van der Waals surface area contributed by atoms with Crippen molar-refractivity contribution in [2.75, 3.05) is 0 Å². The van der Waals surface area contributed by atoms with Crippen molar-refractivity contribution in [2.45, 2.75) is 33.1 Å². The average molecular weight is 350 g/mol. The van der Waals surface area contributed by atoms with Crippen LogP contribution in [0.15, 0.2) is 39.4 Å². The zero-order valence-electron chi connectivity index (χ0n) is 14.9. The first-order chi connectivity index (χ1) is 12.3. The Hall–Kier alpha value is -3.54. The summed E-state index contributed by atoms with van der Waals surface area (Å²) in [7, 11) is 0. The number of aromatic amines is 2. The molecule has 0 aliphatic carbocycles. The van der Waals surface area contributed by atoms with E-state index in [4.69, 9.17) is 0 Å². The van der Waals surface area contributed by atoms with E-state index in [0.717, 1.165) is 0 Å². The fourth-order valence-corrected chi connectivity index (χ4v) is 2.45. The lowest BCUT2D eigenvalue weighted by atomic mass is 9.90. The fraction of sp³-hybridized carbons (Fsp3) is 0.294. The first kappa shape index (κ1) is 17.3. The van der Waals surface area contributed by atoms with Crippen LogP contribution in [0.3, 0.4) is 0 Å². The summed E-state index contributed by atoms with van der Waals surface area (Å²) in [5, 5.41) is 27.3. The van der Waals surface area contributed by atoms with Gasteiger partial charge in [-0.25, -0.2) is 4.98 Å². The normalized spacial score (nSPS) is 11.8. The number of azo groups is 1. The number of pyridine rings is 1. The van der Waals surface area contributed by atoms with Gasteiger partial charge in [-0.05, 0) is 19.1 Å². The van der Waals surface area contributed by atoms with Gasteiger partial charge in [0.15, 0.2) is 11.5 Å². The zero-order chi connectivity index (χ0) is 18.9. The molecule has 26 heavy (non-hydrogen) atoms. The van der Waals surface area contributed by atoms with Crippen molar-refractivity contribution in [3.63, 3.8) is 0 Å². The molecule has 0 atom stereocenters. The fourth-order valence-electron chi connectivity index (χ4n) is 2.45. The molecule has 0 radical (unpaired) electrons. The van der Waals surface area contributed by atoms with Crippen molar-refractivity contribution in [1.82, 2.24) is 25.0 Å². The zero-order valence-corrected chi connectivity index (χ0v) is 14.9. The Morgan fingerprint density at radius 1 is 1.27 bits per heavy atom. The molecule has 0 spiro atoms. The molecule has 2 N–H and O–H groups in total. The molecule has 3 aromatic heterocycles. The predicted octanol–water partition coefficient (Wildman–Crippen LogP) is 3.18. The van der Waals surface area contributed by atoms with Crippen LogP contribution in [0.25, 0.3) is 5.82 Å². The molecule has 132 valence electrons. The van der Waals surface area contributed by atoms with Gasteiger partial charge in [-0.15, -0.1) is 10.2 Å². The van der Waals surface area contributed by atoms with Crippen LogP contribution in [0.2, 0.25) is 0 Å². The van der Waals surface area contributed by atoms with E-state index in [0.29, 0.717) is 22.8 Å². The third-order valence-electron chi connectivity index (χ3n) is 3.77. The molecule has 0 aliphatic rings. The van der Waals surface area contributed by atoms with E-state index in [2.05, 4.69) is 36.6 Å². The van der Waals surface area contributed by atoms with E-state index in [1.54, 1.807) is 31.3 Å². The van der Waals surface area contributed by atoms with Gasteiger partial charge in [0.2, 0.25) is 5.82 Å². The number of nitriles is 1. The van der Waals surface area contributed by atoms with Crippen molar-refractivity contribution in [1.29, 1.82) is 5.26 Å². The molecule has 0 unspecified atom stereocenters. The lowest BCUT2D eigenvalue weighted by Gasteiger charge is -2.15. The van der Waals surface area contributed by atoms with Crippen LogP contribution < -0.4 is 5.56 Å². The second-order valence-corrected chi connectivity index (χ2v) is 6.77. The number of rotatable bonds is 3. The topological polar surface area (TPSA) is 128 Å². The Bertz CT molecular complexity index is 1060. The minimum atomic E-state index is -0.380. The summed E-state index contributed by atoms with van der Waals surface area (Å²) in [6.07, 6.45) is 1.59. The highest BCUT2D eigenvalue weighted by Gasteiger charge is 2.24. The average Bonchev–Trinajstić information content (AvgIpc) is 3.14. The molecular weight excluding hydrogens is 332 g/mol. The molecule has 0 saturated carbocycles. The molecule has 3 rings (SSSR count). The molecule has 0 aromatic carbocycles. The number of hydrogen-bond donors (Lipinski definition) is 2. The summed E-state index contributed by atoms with van der Waals surface area (Å²) in [6, 6.07) is 7.35. The van der Waals surface area contributed by atoms with E-state index < -0.39 is 0 Å². The Morgan fingerprint density at radius 3 is 2.65 bits per heavy atom. The van der Waals surface area contributed by atoms with Gasteiger partial charge in [0.05, 0.1) is 11.4 Å². The third kappa shape index (κ3) is 3.04. The predicted molar refractivity (Wildman–Crippen MR) is 95.1 cm³/mol. The number of nitrogens with zero attached hydrogens (tertiary/aromatic N) is 6. The van der Waals surface area contributed by atoms with Crippen molar-refractivity contribution >= 4 is 11.5 Å². The second-order valence-electron chi connectivity index (χ2n) is 6.77. The maximum absolute atomic E-state index is 12.6. The molecule has 0 aliphatic heterocycles. The van der Waals surface area contributed by atoms with Gasteiger partial charge in [-0.3, -0.25) is 15.0 Å². The van der Waals surface area contributed by atoms with Gasteiger partial charge in [-0.2, -0.15) is 15.0 Å². The molecule has 0 amide bonds. The minimum absolute atomic E-state index is 0.139. The highest BCUT2D eigenvalue weighted by Crippen LogP contribution is 2.29. The maximum Gasteiger partial charge on any atom is 0.300 e. The molecule has 3 aromatic rings. The molecule has 9 nitrogen and oxygen atoms in total. The molecule has 9 heteroatoms. The lowest BCUT2D eigenvalue weighted by Crippen LogP contribution is -2.15. The van der Waals surface area contributed by atoms with E-state index >= 15 is 0 Å². The van der Waals surface area contributed by atoms with Crippen molar-refractivity contribution in [3.8, 4) is 11.9 Å². The third-order valence-corrected chi connectivity index (χ3v) is 3.77. The Labute approximate surface area is 149 Å². The van der Waals surface area contributed by atoms with Crippen LogP contribution in [0, 0.1) is 18.3 Å². The minimum Gasteiger partial charge on any atom is -0.292 e. The summed E-state index contributed by atoms with van der Waals surface area (Å²) in [4.78, 5) is 16.7. The van der Waals surface area contributed by atoms with Crippen LogP contribution in [-0.2, 0) is 5.41 Å².